The molecule has 0 radical (unpaired) electrons. The normalized spacial score (nSPS) is 11.0. The Hall–Kier alpha value is -0.280. The lowest BCUT2D eigenvalue weighted by Crippen LogP contribution is -2.18. The van der Waals surface area contributed by atoms with Crippen LogP contribution >= 0.6 is 47.8 Å². The van der Waals surface area contributed by atoms with Gasteiger partial charge in [-0.1, -0.05) is 21.1 Å². The third-order valence-electron chi connectivity index (χ3n) is 2.54. The molecular formula is C12H13Br3N4O. The molecule has 1 heterocycles. The minimum Gasteiger partial charge on any atom is -0.383 e. The average molecular weight is 469 g/mol. The minimum absolute atomic E-state index is 0.662. The summed E-state index contributed by atoms with van der Waals surface area (Å²) in [6, 6.07) is 3.94. The molecule has 1 aromatic carbocycles. The van der Waals surface area contributed by atoms with Gasteiger partial charge in [0, 0.05) is 33.6 Å². The predicted octanol–water partition coefficient (Wildman–Crippen LogP) is 3.29. The first-order valence-corrected chi connectivity index (χ1v) is 8.25. The van der Waals surface area contributed by atoms with Crippen LogP contribution in [0.2, 0.25) is 0 Å². The number of benzene rings is 1. The third-order valence-corrected chi connectivity index (χ3v) is 4.21. The first-order chi connectivity index (χ1) is 9.61. The van der Waals surface area contributed by atoms with Crippen LogP contribution in [0.1, 0.15) is 5.69 Å². The Balaban J connectivity index is 2.13. The van der Waals surface area contributed by atoms with Crippen LogP contribution in [0.25, 0.3) is 5.69 Å². The van der Waals surface area contributed by atoms with Gasteiger partial charge >= 0.3 is 0 Å². The van der Waals surface area contributed by atoms with Crippen LogP contribution in [-0.4, -0.2) is 35.3 Å². The summed E-state index contributed by atoms with van der Waals surface area (Å²) >= 11 is 10.5. The second-order valence-corrected chi connectivity index (χ2v) is 6.67. The number of hydrogen-bond donors (Lipinski definition) is 1. The molecule has 2 aromatic rings. The fourth-order valence-electron chi connectivity index (χ4n) is 1.63. The van der Waals surface area contributed by atoms with E-state index in [1.54, 1.807) is 11.8 Å². The van der Waals surface area contributed by atoms with Crippen molar-refractivity contribution in [2.24, 2.45) is 0 Å². The van der Waals surface area contributed by atoms with Gasteiger partial charge in [-0.15, -0.1) is 5.10 Å². The van der Waals surface area contributed by atoms with Crippen LogP contribution in [0.15, 0.2) is 31.7 Å². The summed E-state index contributed by atoms with van der Waals surface area (Å²) in [6.45, 7) is 2.13. The highest BCUT2D eigenvalue weighted by Crippen LogP contribution is 2.32. The lowest BCUT2D eigenvalue weighted by atomic mass is 10.3. The van der Waals surface area contributed by atoms with Crippen molar-refractivity contribution in [1.82, 2.24) is 20.3 Å². The van der Waals surface area contributed by atoms with E-state index in [2.05, 4.69) is 63.4 Å². The van der Waals surface area contributed by atoms with E-state index in [1.165, 1.54) is 0 Å². The van der Waals surface area contributed by atoms with Gasteiger partial charge in [-0.2, -0.15) is 0 Å². The summed E-state index contributed by atoms with van der Waals surface area (Å²) < 4.78 is 9.57. The van der Waals surface area contributed by atoms with E-state index in [1.807, 2.05) is 18.3 Å². The van der Waals surface area contributed by atoms with Crippen molar-refractivity contribution in [1.29, 1.82) is 0 Å². The number of ether oxygens (including phenoxy) is 1. The van der Waals surface area contributed by atoms with E-state index >= 15 is 0 Å². The third kappa shape index (κ3) is 4.11. The van der Waals surface area contributed by atoms with Gasteiger partial charge in [0.1, 0.15) is 0 Å². The van der Waals surface area contributed by atoms with Crippen LogP contribution in [-0.2, 0) is 11.3 Å². The van der Waals surface area contributed by atoms with Crippen LogP contribution < -0.4 is 5.32 Å². The SMILES string of the molecule is COCCNCc1cn(-c2c(Br)cc(Br)cc2Br)nn1. The Kier molecular flexibility index (Phi) is 6.16. The molecule has 0 amide bonds. The first kappa shape index (κ1) is 16.1. The highest BCUT2D eigenvalue weighted by atomic mass is 79.9. The Morgan fingerprint density at radius 2 is 1.95 bits per heavy atom. The van der Waals surface area contributed by atoms with Crippen molar-refractivity contribution in [3.63, 3.8) is 0 Å². The Morgan fingerprint density at radius 3 is 2.60 bits per heavy atom. The Bertz CT molecular complexity index is 565. The molecule has 20 heavy (non-hydrogen) atoms. The van der Waals surface area contributed by atoms with Gasteiger partial charge in [-0.25, -0.2) is 4.68 Å². The van der Waals surface area contributed by atoms with Gasteiger partial charge in [0.25, 0.3) is 0 Å². The minimum atomic E-state index is 0.662. The molecule has 0 spiro atoms. The molecule has 5 nitrogen and oxygen atoms in total. The lowest BCUT2D eigenvalue weighted by molar-refractivity contribution is 0.199. The number of aromatic nitrogens is 3. The summed E-state index contributed by atoms with van der Waals surface area (Å²) in [5, 5.41) is 11.5. The molecule has 0 unspecified atom stereocenters. The molecule has 0 bridgehead atoms. The fourth-order valence-corrected chi connectivity index (χ4v) is 4.25. The molecule has 0 saturated carbocycles. The molecule has 0 atom stereocenters. The van der Waals surface area contributed by atoms with Gasteiger partial charge in [-0.05, 0) is 44.0 Å². The zero-order valence-corrected chi connectivity index (χ0v) is 15.5. The first-order valence-electron chi connectivity index (χ1n) is 5.87. The standard InChI is InChI=1S/C12H13Br3N4O/c1-20-3-2-16-6-9-7-19(18-17-9)12-10(14)4-8(13)5-11(12)15/h4-5,7,16H,2-3,6H2,1H3. The molecule has 0 fully saturated rings. The number of rotatable bonds is 6. The monoisotopic (exact) mass is 466 g/mol. The molecule has 0 saturated heterocycles. The largest absolute Gasteiger partial charge is 0.383 e. The number of nitrogens with zero attached hydrogens (tertiary/aromatic N) is 3. The summed E-state index contributed by atoms with van der Waals surface area (Å²) in [6.07, 6.45) is 1.90. The van der Waals surface area contributed by atoms with Gasteiger partial charge in [0.15, 0.2) is 0 Å². The maximum absolute atomic E-state index is 4.98. The summed E-state index contributed by atoms with van der Waals surface area (Å²) in [4.78, 5) is 0. The average Bonchev–Trinajstić information content (AvgIpc) is 2.82. The van der Waals surface area contributed by atoms with Gasteiger partial charge < -0.3 is 10.1 Å². The van der Waals surface area contributed by atoms with Crippen LogP contribution in [0, 0.1) is 0 Å². The smallest absolute Gasteiger partial charge is 0.0969 e. The number of nitrogens with one attached hydrogen (secondary N) is 1. The molecule has 0 aliphatic heterocycles. The van der Waals surface area contributed by atoms with Gasteiger partial charge in [-0.3, -0.25) is 0 Å². The number of halogens is 3. The molecule has 0 aliphatic rings. The topological polar surface area (TPSA) is 52.0 Å². The van der Waals surface area contributed by atoms with Crippen molar-refractivity contribution >= 4 is 47.8 Å². The number of methoxy groups -OCH3 is 1. The van der Waals surface area contributed by atoms with E-state index in [9.17, 15) is 0 Å². The molecule has 2 rings (SSSR count). The van der Waals surface area contributed by atoms with E-state index in [0.29, 0.717) is 13.2 Å². The zero-order chi connectivity index (χ0) is 14.5. The van der Waals surface area contributed by atoms with Crippen molar-refractivity contribution in [2.45, 2.75) is 6.54 Å². The second-order valence-electron chi connectivity index (χ2n) is 4.04. The van der Waals surface area contributed by atoms with Crippen molar-refractivity contribution in [3.8, 4) is 5.69 Å². The fraction of sp³-hybridized carbons (Fsp3) is 0.333. The second kappa shape index (κ2) is 7.65. The summed E-state index contributed by atoms with van der Waals surface area (Å²) in [7, 11) is 1.68. The molecule has 1 aromatic heterocycles. The van der Waals surface area contributed by atoms with E-state index < -0.39 is 0 Å². The van der Waals surface area contributed by atoms with E-state index in [0.717, 1.165) is 31.3 Å². The van der Waals surface area contributed by atoms with Crippen molar-refractivity contribution in [3.05, 3.63) is 37.4 Å². The molecule has 8 heteroatoms. The van der Waals surface area contributed by atoms with Crippen LogP contribution in [0.3, 0.4) is 0 Å². The molecule has 1 N–H and O–H groups in total. The number of hydrogen-bond acceptors (Lipinski definition) is 4. The quantitative estimate of drug-likeness (QED) is 0.661. The Labute approximate surface area is 142 Å². The molecular weight excluding hydrogens is 456 g/mol. The molecule has 0 aliphatic carbocycles. The predicted molar refractivity (Wildman–Crippen MR) is 88.0 cm³/mol. The van der Waals surface area contributed by atoms with Gasteiger partial charge in [0.05, 0.1) is 24.2 Å². The van der Waals surface area contributed by atoms with Crippen LogP contribution in [0.5, 0.6) is 0 Å². The van der Waals surface area contributed by atoms with Crippen molar-refractivity contribution < 1.29 is 4.74 Å². The van der Waals surface area contributed by atoms with Crippen molar-refractivity contribution in [2.75, 3.05) is 20.3 Å². The molecule has 108 valence electrons. The van der Waals surface area contributed by atoms with E-state index in [4.69, 9.17) is 4.74 Å². The summed E-state index contributed by atoms with van der Waals surface area (Å²) in [5.41, 5.74) is 1.80. The zero-order valence-electron chi connectivity index (χ0n) is 10.7. The van der Waals surface area contributed by atoms with E-state index in [-0.39, 0.29) is 0 Å². The maximum atomic E-state index is 4.98. The van der Waals surface area contributed by atoms with Crippen LogP contribution in [0.4, 0.5) is 0 Å². The van der Waals surface area contributed by atoms with Gasteiger partial charge in [0.2, 0.25) is 0 Å². The lowest BCUT2D eigenvalue weighted by Gasteiger charge is -2.07. The summed E-state index contributed by atoms with van der Waals surface area (Å²) in [5.74, 6) is 0. The highest BCUT2D eigenvalue weighted by molar-refractivity contribution is 9.11. The highest BCUT2D eigenvalue weighted by Gasteiger charge is 2.11. The maximum Gasteiger partial charge on any atom is 0.0969 e. The Morgan fingerprint density at radius 1 is 1.25 bits per heavy atom.